The van der Waals surface area contributed by atoms with E-state index in [4.69, 9.17) is 11.6 Å². The summed E-state index contributed by atoms with van der Waals surface area (Å²) in [6.07, 6.45) is 0. The number of nitrogens with one attached hydrogen (secondary N) is 2. The van der Waals surface area contributed by atoms with E-state index in [1.54, 1.807) is 24.3 Å². The van der Waals surface area contributed by atoms with E-state index in [0.717, 1.165) is 11.3 Å². The van der Waals surface area contributed by atoms with Gasteiger partial charge in [0.2, 0.25) is 11.8 Å². The third-order valence-corrected chi connectivity index (χ3v) is 4.20. The molecule has 0 saturated carbocycles. The Bertz CT molecular complexity index is 689. The van der Waals surface area contributed by atoms with E-state index in [1.807, 2.05) is 31.2 Å². The number of hydrogen-bond donors (Lipinski definition) is 2. The number of anilines is 2. The van der Waals surface area contributed by atoms with E-state index in [-0.39, 0.29) is 23.3 Å². The van der Waals surface area contributed by atoms with Gasteiger partial charge in [0.1, 0.15) is 0 Å². The molecular weight excluding hydrogens is 332 g/mol. The number of halogens is 1. The van der Waals surface area contributed by atoms with Crippen LogP contribution in [0.15, 0.2) is 48.5 Å². The fourth-order valence-electron chi connectivity index (χ4n) is 1.87. The molecule has 6 heteroatoms. The number of carbonyl (C=O) groups is 2. The second-order valence-corrected chi connectivity index (χ2v) is 6.33. The van der Waals surface area contributed by atoms with E-state index in [9.17, 15) is 9.59 Å². The van der Waals surface area contributed by atoms with Crippen LogP contribution in [0.25, 0.3) is 0 Å². The van der Waals surface area contributed by atoms with Gasteiger partial charge in [-0.2, -0.15) is 0 Å². The molecule has 2 amide bonds. The number of aryl methyl sites for hydroxylation is 1. The van der Waals surface area contributed by atoms with Crippen molar-refractivity contribution in [2.75, 3.05) is 22.1 Å². The summed E-state index contributed by atoms with van der Waals surface area (Å²) in [5.41, 5.74) is 2.49. The number of amides is 2. The highest BCUT2D eigenvalue weighted by molar-refractivity contribution is 8.00. The van der Waals surface area contributed by atoms with Gasteiger partial charge in [-0.25, -0.2) is 0 Å². The van der Waals surface area contributed by atoms with Crippen LogP contribution in [0, 0.1) is 6.92 Å². The molecule has 2 N–H and O–H groups in total. The topological polar surface area (TPSA) is 58.2 Å². The van der Waals surface area contributed by atoms with Crippen molar-refractivity contribution in [2.24, 2.45) is 0 Å². The predicted molar refractivity (Wildman–Crippen MR) is 97.2 cm³/mol. The lowest BCUT2D eigenvalue weighted by molar-refractivity contribution is -0.114. The molecule has 23 heavy (non-hydrogen) atoms. The number of carbonyl (C=O) groups excluding carboxylic acids is 2. The molecule has 0 spiro atoms. The average molecular weight is 349 g/mol. The zero-order valence-electron chi connectivity index (χ0n) is 12.6. The number of rotatable bonds is 6. The van der Waals surface area contributed by atoms with E-state index in [1.165, 1.54) is 11.8 Å². The van der Waals surface area contributed by atoms with Gasteiger partial charge in [-0.15, -0.1) is 11.8 Å². The highest BCUT2D eigenvalue weighted by atomic mass is 35.5. The van der Waals surface area contributed by atoms with Crippen LogP contribution >= 0.6 is 23.4 Å². The van der Waals surface area contributed by atoms with Crippen molar-refractivity contribution in [2.45, 2.75) is 6.92 Å². The zero-order valence-corrected chi connectivity index (χ0v) is 14.2. The highest BCUT2D eigenvalue weighted by Crippen LogP contribution is 2.15. The van der Waals surface area contributed by atoms with Gasteiger partial charge in [-0.05, 0) is 42.8 Å². The van der Waals surface area contributed by atoms with Crippen molar-refractivity contribution >= 4 is 46.6 Å². The molecule has 0 bridgehead atoms. The Labute approximate surface area is 144 Å². The maximum Gasteiger partial charge on any atom is 0.234 e. The van der Waals surface area contributed by atoms with Crippen LogP contribution in [0.1, 0.15) is 5.56 Å². The molecule has 0 atom stereocenters. The van der Waals surface area contributed by atoms with Crippen molar-refractivity contribution in [1.82, 2.24) is 0 Å². The first kappa shape index (κ1) is 17.4. The van der Waals surface area contributed by atoms with Crippen LogP contribution in [0.3, 0.4) is 0 Å². The highest BCUT2D eigenvalue weighted by Gasteiger charge is 2.07. The first-order valence-corrected chi connectivity index (χ1v) is 8.56. The fraction of sp³-hybridized carbons (Fsp3) is 0.176. The summed E-state index contributed by atoms with van der Waals surface area (Å²) >= 11 is 7.05. The number of para-hydroxylation sites is 1. The molecule has 120 valence electrons. The second kappa shape index (κ2) is 8.60. The van der Waals surface area contributed by atoms with Gasteiger partial charge in [-0.1, -0.05) is 29.8 Å². The molecule has 0 aromatic heterocycles. The van der Waals surface area contributed by atoms with Crippen LogP contribution in [0.2, 0.25) is 5.02 Å². The van der Waals surface area contributed by atoms with E-state index in [0.29, 0.717) is 10.7 Å². The Hall–Kier alpha value is -1.98. The lowest BCUT2D eigenvalue weighted by atomic mass is 10.2. The molecule has 2 rings (SSSR count). The SMILES string of the molecule is Cc1ccccc1NC(=O)CSCC(=O)Nc1ccc(Cl)cc1. The van der Waals surface area contributed by atoms with Crippen LogP contribution in [-0.2, 0) is 9.59 Å². The van der Waals surface area contributed by atoms with Crippen LogP contribution in [0.5, 0.6) is 0 Å². The molecular formula is C17H17ClN2O2S. The van der Waals surface area contributed by atoms with Gasteiger partial charge >= 0.3 is 0 Å². The Balaban J connectivity index is 1.72. The zero-order chi connectivity index (χ0) is 16.7. The van der Waals surface area contributed by atoms with Gasteiger partial charge < -0.3 is 10.6 Å². The first-order chi connectivity index (χ1) is 11.0. The third-order valence-electron chi connectivity index (χ3n) is 3.01. The Morgan fingerprint density at radius 3 is 2.22 bits per heavy atom. The minimum atomic E-state index is -0.152. The smallest absolute Gasteiger partial charge is 0.234 e. The van der Waals surface area contributed by atoms with Crippen molar-refractivity contribution in [3.05, 3.63) is 59.1 Å². The summed E-state index contributed by atoms with van der Waals surface area (Å²) in [5.74, 6) is 0.163. The molecule has 0 saturated heterocycles. The van der Waals surface area contributed by atoms with E-state index < -0.39 is 0 Å². The lowest BCUT2D eigenvalue weighted by Gasteiger charge is -2.08. The monoisotopic (exact) mass is 348 g/mol. The van der Waals surface area contributed by atoms with Gasteiger partial charge in [-0.3, -0.25) is 9.59 Å². The largest absolute Gasteiger partial charge is 0.325 e. The normalized spacial score (nSPS) is 10.2. The lowest BCUT2D eigenvalue weighted by Crippen LogP contribution is -2.18. The minimum Gasteiger partial charge on any atom is -0.325 e. The number of hydrogen-bond acceptors (Lipinski definition) is 3. The summed E-state index contributed by atoms with van der Waals surface area (Å²) in [5, 5.41) is 6.20. The van der Waals surface area contributed by atoms with Crippen molar-refractivity contribution in [3.8, 4) is 0 Å². The summed E-state index contributed by atoms with van der Waals surface area (Å²) in [7, 11) is 0. The molecule has 0 aliphatic carbocycles. The van der Waals surface area contributed by atoms with E-state index >= 15 is 0 Å². The molecule has 0 radical (unpaired) electrons. The summed E-state index contributed by atoms with van der Waals surface area (Å²) in [6, 6.07) is 14.5. The molecule has 2 aromatic rings. The maximum absolute atomic E-state index is 11.9. The van der Waals surface area contributed by atoms with Gasteiger partial charge in [0, 0.05) is 16.4 Å². The molecule has 0 unspecified atom stereocenters. The third kappa shape index (κ3) is 5.96. The van der Waals surface area contributed by atoms with Gasteiger partial charge in [0.05, 0.1) is 11.5 Å². The predicted octanol–water partition coefficient (Wildman–Crippen LogP) is 3.96. The Morgan fingerprint density at radius 1 is 0.957 bits per heavy atom. The Morgan fingerprint density at radius 2 is 1.57 bits per heavy atom. The molecule has 2 aromatic carbocycles. The van der Waals surface area contributed by atoms with Crippen LogP contribution in [-0.4, -0.2) is 23.3 Å². The van der Waals surface area contributed by atoms with Gasteiger partial charge in [0.15, 0.2) is 0 Å². The maximum atomic E-state index is 11.9. The minimum absolute atomic E-state index is 0.122. The first-order valence-electron chi connectivity index (χ1n) is 7.03. The van der Waals surface area contributed by atoms with E-state index in [2.05, 4.69) is 10.6 Å². The summed E-state index contributed by atoms with van der Waals surface area (Å²) in [4.78, 5) is 23.7. The van der Waals surface area contributed by atoms with Crippen molar-refractivity contribution in [3.63, 3.8) is 0 Å². The second-order valence-electron chi connectivity index (χ2n) is 4.91. The molecule has 0 aliphatic rings. The molecule has 0 heterocycles. The van der Waals surface area contributed by atoms with Crippen LogP contribution < -0.4 is 10.6 Å². The average Bonchev–Trinajstić information content (AvgIpc) is 2.52. The standard InChI is InChI=1S/C17H17ClN2O2S/c1-12-4-2-3-5-15(12)20-17(22)11-23-10-16(21)19-14-8-6-13(18)7-9-14/h2-9H,10-11H2,1H3,(H,19,21)(H,20,22). The van der Waals surface area contributed by atoms with Crippen molar-refractivity contribution < 1.29 is 9.59 Å². The molecule has 4 nitrogen and oxygen atoms in total. The fourth-order valence-corrected chi connectivity index (χ4v) is 2.61. The number of thioether (sulfide) groups is 1. The molecule has 0 aliphatic heterocycles. The van der Waals surface area contributed by atoms with Crippen LogP contribution in [0.4, 0.5) is 11.4 Å². The Kier molecular flexibility index (Phi) is 6.50. The van der Waals surface area contributed by atoms with Gasteiger partial charge in [0.25, 0.3) is 0 Å². The summed E-state index contributed by atoms with van der Waals surface area (Å²) in [6.45, 7) is 1.93. The van der Waals surface area contributed by atoms with Crippen molar-refractivity contribution in [1.29, 1.82) is 0 Å². The quantitative estimate of drug-likeness (QED) is 0.830. The number of benzene rings is 2. The molecule has 0 fully saturated rings. The summed E-state index contributed by atoms with van der Waals surface area (Å²) < 4.78 is 0.